The minimum atomic E-state index is -2.75. The van der Waals surface area contributed by atoms with Gasteiger partial charge in [-0.3, -0.25) is 19.3 Å². The third-order valence-electron chi connectivity index (χ3n) is 7.37. The number of phenols is 1. The molecule has 1 aromatic heterocycles. The number of aromatic hydroxyl groups is 1. The highest BCUT2D eigenvalue weighted by Gasteiger charge is 2.65. The Bertz CT molecular complexity index is 1330. The maximum absolute atomic E-state index is 13.3. The van der Waals surface area contributed by atoms with Crippen LogP contribution in [0, 0.1) is 11.8 Å². The molecule has 5 atom stereocenters. The van der Waals surface area contributed by atoms with Crippen molar-refractivity contribution >= 4 is 17.5 Å². The van der Waals surface area contributed by atoms with Gasteiger partial charge in [0.2, 0.25) is 5.78 Å². The van der Waals surface area contributed by atoms with E-state index in [0.29, 0.717) is 0 Å². The lowest BCUT2D eigenvalue weighted by Gasteiger charge is -2.52. The van der Waals surface area contributed by atoms with E-state index in [9.17, 15) is 39.9 Å². The number of aliphatic hydroxyl groups is 4. The highest BCUT2D eigenvalue weighted by Crippen LogP contribution is 2.56. The summed E-state index contributed by atoms with van der Waals surface area (Å²) in [5.41, 5.74) is -0.654. The molecule has 7 N–H and O–H groups in total. The number of phenolic OH excluding ortho intramolecular Hbond substituents is 1. The Kier molecular flexibility index (Phi) is 6.23. The average molecular weight is 514 g/mol. The van der Waals surface area contributed by atoms with Crippen molar-refractivity contribution in [2.75, 3.05) is 14.1 Å². The number of amides is 1. The number of primary amides is 1. The lowest BCUT2D eigenvalue weighted by atomic mass is 9.55. The number of ketones is 2. The van der Waals surface area contributed by atoms with Crippen molar-refractivity contribution in [3.63, 3.8) is 0 Å². The zero-order valence-electron chi connectivity index (χ0n) is 20.2. The lowest BCUT2D eigenvalue weighted by Crippen LogP contribution is -2.65. The fraction of sp³-hybridized carbons (Fsp3) is 0.360. The minimum absolute atomic E-state index is 0.135. The molecule has 0 aliphatic heterocycles. The first-order valence-electron chi connectivity index (χ1n) is 11.3. The molecule has 2 aromatic rings. The summed E-state index contributed by atoms with van der Waals surface area (Å²) in [6, 6.07) is 4.77. The van der Waals surface area contributed by atoms with Gasteiger partial charge in [0.1, 0.15) is 29.1 Å². The Balaban J connectivity index is 0.000000572. The van der Waals surface area contributed by atoms with E-state index in [4.69, 9.17) is 5.73 Å². The van der Waals surface area contributed by atoms with E-state index in [1.54, 1.807) is 12.3 Å². The number of nitrogens with zero attached hydrogens (tertiary/aromatic N) is 2. The lowest BCUT2D eigenvalue weighted by molar-refractivity contribution is -0.151. The predicted molar refractivity (Wildman–Crippen MR) is 126 cm³/mol. The number of aromatic nitrogens is 1. The molecule has 196 valence electrons. The van der Waals surface area contributed by atoms with Crippen molar-refractivity contribution in [3.05, 3.63) is 70.5 Å². The molecule has 1 heterocycles. The number of fused-ring (bicyclic) bond motifs is 3. The molecule has 1 aromatic carbocycles. The second-order valence-corrected chi connectivity index (χ2v) is 9.65. The smallest absolute Gasteiger partial charge is 0.255 e. The van der Waals surface area contributed by atoms with Crippen molar-refractivity contribution in [2.24, 2.45) is 17.6 Å². The molecule has 0 bridgehead atoms. The Morgan fingerprint density at radius 2 is 1.84 bits per heavy atom. The molecule has 0 spiro atoms. The number of likely N-dealkylation sites (N-methyl/N-ethyl adjacent to an activating group) is 1. The van der Waals surface area contributed by atoms with Gasteiger partial charge in [0, 0.05) is 17.4 Å². The highest BCUT2D eigenvalue weighted by atomic mass is 16.5. The van der Waals surface area contributed by atoms with Crippen LogP contribution >= 0.6 is 0 Å². The quantitative estimate of drug-likeness (QED) is 0.304. The molecule has 0 saturated heterocycles. The first kappa shape index (κ1) is 26.1. The van der Waals surface area contributed by atoms with Crippen LogP contribution in [0.15, 0.2) is 63.9 Å². The summed E-state index contributed by atoms with van der Waals surface area (Å²) in [6.07, 6.45) is 2.90. The summed E-state index contributed by atoms with van der Waals surface area (Å²) in [4.78, 5) is 39.9. The van der Waals surface area contributed by atoms with Crippen LogP contribution in [0.5, 0.6) is 5.75 Å². The summed E-state index contributed by atoms with van der Waals surface area (Å²) in [5, 5.41) is 58.4. The average Bonchev–Trinajstić information content (AvgIpc) is 3.40. The number of Topliss-reactive ketones (excluding diaryl/α,β-unsaturated/α-hetero) is 2. The van der Waals surface area contributed by atoms with Gasteiger partial charge in [-0.2, -0.15) is 0 Å². The first-order valence-corrected chi connectivity index (χ1v) is 11.3. The van der Waals surface area contributed by atoms with Gasteiger partial charge in [0.25, 0.3) is 5.91 Å². The first-order chi connectivity index (χ1) is 17.3. The third kappa shape index (κ3) is 3.64. The second kappa shape index (κ2) is 8.83. The molecule has 37 heavy (non-hydrogen) atoms. The molecule has 0 unspecified atom stereocenters. The Morgan fingerprint density at radius 1 is 1.16 bits per heavy atom. The predicted octanol–water partition coefficient (Wildman–Crippen LogP) is 0.460. The van der Waals surface area contributed by atoms with Crippen molar-refractivity contribution in [1.82, 2.24) is 10.1 Å². The number of benzene rings is 1. The van der Waals surface area contributed by atoms with Gasteiger partial charge in [-0.25, -0.2) is 0 Å². The highest BCUT2D eigenvalue weighted by molar-refractivity contribution is 6.24. The maximum atomic E-state index is 13.3. The number of hydrogen-bond acceptors (Lipinski definition) is 11. The second-order valence-electron chi connectivity index (χ2n) is 9.65. The van der Waals surface area contributed by atoms with Crippen LogP contribution in [0.3, 0.4) is 0 Å². The Hall–Kier alpha value is -4.00. The van der Waals surface area contributed by atoms with Crippen LogP contribution in [-0.4, -0.2) is 78.8 Å². The van der Waals surface area contributed by atoms with E-state index in [0.717, 1.165) is 0 Å². The van der Waals surface area contributed by atoms with Crippen LogP contribution in [0.2, 0.25) is 0 Å². The number of aliphatic hydroxyl groups excluding tert-OH is 2. The van der Waals surface area contributed by atoms with Gasteiger partial charge in [0.05, 0.1) is 23.4 Å². The fourth-order valence-electron chi connectivity index (χ4n) is 5.68. The van der Waals surface area contributed by atoms with E-state index >= 15 is 0 Å². The summed E-state index contributed by atoms with van der Waals surface area (Å²) in [7, 11) is 3.06. The van der Waals surface area contributed by atoms with Crippen molar-refractivity contribution in [3.8, 4) is 5.75 Å². The van der Waals surface area contributed by atoms with Crippen LogP contribution in [0.1, 0.15) is 29.3 Å². The number of nitrogens with two attached hydrogens (primary N) is 1. The molecule has 0 saturated carbocycles. The summed E-state index contributed by atoms with van der Waals surface area (Å²) < 4.78 is 4.33. The van der Waals surface area contributed by atoms with Crippen LogP contribution in [0.4, 0.5) is 0 Å². The molecular weight excluding hydrogens is 486 g/mol. The standard InChI is InChI=1S/C22H24N2O8.C3H3NO/c1-21(31)8-5-4-6-11(25)12(8)16(26)13-9(21)7-10-15(24(2)3)17(27)14(20(23)30)19(29)22(10,32)18(13)28;1-2-4-5-3-1/h4-6,9-10,15,25,27-28,31-32H,7H2,1-3H3,(H2,23,30);1-3H/t9-,10-,15-,21+,22-;/m0./s1. The summed E-state index contributed by atoms with van der Waals surface area (Å²) in [5.74, 6) is -7.89. The molecule has 12 heteroatoms. The maximum Gasteiger partial charge on any atom is 0.255 e. The molecule has 0 fully saturated rings. The topological polar surface area (TPSA) is 208 Å². The largest absolute Gasteiger partial charge is 0.510 e. The molecule has 12 nitrogen and oxygen atoms in total. The van der Waals surface area contributed by atoms with Gasteiger partial charge >= 0.3 is 0 Å². The molecule has 3 aliphatic rings. The van der Waals surface area contributed by atoms with Crippen molar-refractivity contribution < 1.29 is 44.4 Å². The zero-order valence-corrected chi connectivity index (χ0v) is 20.2. The number of carbonyl (C=O) groups is 3. The van der Waals surface area contributed by atoms with Crippen LogP contribution < -0.4 is 5.73 Å². The number of hydrogen-bond donors (Lipinski definition) is 6. The van der Waals surface area contributed by atoms with E-state index in [2.05, 4.69) is 9.68 Å². The number of carbonyl (C=O) groups excluding carboxylic acids is 3. The van der Waals surface area contributed by atoms with Gasteiger partial charge < -0.3 is 35.8 Å². The summed E-state index contributed by atoms with van der Waals surface area (Å²) in [6.45, 7) is 1.40. The minimum Gasteiger partial charge on any atom is -0.510 e. The van der Waals surface area contributed by atoms with E-state index in [1.165, 1.54) is 50.4 Å². The molecule has 3 aliphatic carbocycles. The van der Waals surface area contributed by atoms with E-state index < -0.39 is 75.0 Å². The van der Waals surface area contributed by atoms with Crippen LogP contribution in [0.25, 0.3) is 0 Å². The zero-order chi connectivity index (χ0) is 27.4. The Labute approximate surface area is 210 Å². The molecule has 5 rings (SSSR count). The van der Waals surface area contributed by atoms with Gasteiger partial charge in [0.15, 0.2) is 11.4 Å². The van der Waals surface area contributed by atoms with E-state index in [-0.39, 0.29) is 17.5 Å². The monoisotopic (exact) mass is 513 g/mol. The SMILES string of the molecule is CN(C)[C@@H]1C(O)=C(C(N)=O)C(=O)[C@@]2(O)C(O)=C3C(=O)c4c(O)cccc4[C@@](C)(O)[C@H]3C[C@@H]12.c1cnoc1. The molecular formula is C25H27N3O9. The molecule has 1 amide bonds. The fourth-order valence-corrected chi connectivity index (χ4v) is 5.68. The van der Waals surface area contributed by atoms with Gasteiger partial charge in [-0.05, 0) is 45.1 Å². The van der Waals surface area contributed by atoms with E-state index in [1.807, 2.05) is 0 Å². The number of rotatable bonds is 2. The Morgan fingerprint density at radius 3 is 2.35 bits per heavy atom. The van der Waals surface area contributed by atoms with Crippen LogP contribution in [-0.2, 0) is 15.2 Å². The third-order valence-corrected chi connectivity index (χ3v) is 7.37. The normalized spacial score (nSPS) is 30.8. The summed E-state index contributed by atoms with van der Waals surface area (Å²) >= 11 is 0. The molecule has 0 radical (unpaired) electrons. The van der Waals surface area contributed by atoms with Crippen molar-refractivity contribution in [2.45, 2.75) is 30.6 Å². The van der Waals surface area contributed by atoms with Crippen molar-refractivity contribution in [1.29, 1.82) is 0 Å². The van der Waals surface area contributed by atoms with Gasteiger partial charge in [-0.1, -0.05) is 17.3 Å². The van der Waals surface area contributed by atoms with Gasteiger partial charge in [-0.15, -0.1) is 0 Å².